The molecule has 0 bridgehead atoms. The summed E-state index contributed by atoms with van der Waals surface area (Å²) in [5, 5.41) is 6.81. The number of aromatic nitrogens is 2. The number of aryl methyl sites for hydroxylation is 1. The van der Waals surface area contributed by atoms with E-state index in [2.05, 4.69) is 44.1 Å². The molecule has 1 aromatic carbocycles. The summed E-state index contributed by atoms with van der Waals surface area (Å²) in [7, 11) is 1.69. The van der Waals surface area contributed by atoms with Crippen LogP contribution in [0.1, 0.15) is 24.9 Å². The Kier molecular flexibility index (Phi) is 8.99. The molecule has 1 saturated heterocycles. The minimum Gasteiger partial charge on any atom is -0.497 e. The fraction of sp³-hybridized carbons (Fsp3) is 0.545. The molecule has 2 heterocycles. The van der Waals surface area contributed by atoms with E-state index in [1.807, 2.05) is 30.9 Å². The van der Waals surface area contributed by atoms with E-state index in [1.54, 1.807) is 7.11 Å². The Morgan fingerprint density at radius 3 is 2.70 bits per heavy atom. The predicted molar refractivity (Wildman–Crippen MR) is 119 cm³/mol. The van der Waals surface area contributed by atoms with Crippen LogP contribution in [0, 0.1) is 0 Å². The van der Waals surface area contributed by atoms with Gasteiger partial charge in [0.2, 0.25) is 0 Å². The molecule has 1 fully saturated rings. The van der Waals surface area contributed by atoms with E-state index < -0.39 is 0 Å². The first-order chi connectivity index (χ1) is 14.8. The molecule has 8 heteroatoms. The molecule has 2 N–H and O–H groups in total. The van der Waals surface area contributed by atoms with Crippen LogP contribution < -0.4 is 15.4 Å². The van der Waals surface area contributed by atoms with Crippen LogP contribution in [-0.2, 0) is 11.3 Å². The van der Waals surface area contributed by atoms with Crippen molar-refractivity contribution in [2.24, 2.45) is 4.99 Å². The maximum atomic E-state index is 5.55. The van der Waals surface area contributed by atoms with Crippen molar-refractivity contribution in [1.82, 2.24) is 25.1 Å². The Bertz CT molecular complexity index is 741. The summed E-state index contributed by atoms with van der Waals surface area (Å²) in [5.74, 6) is 1.73. The van der Waals surface area contributed by atoms with Crippen LogP contribution >= 0.6 is 0 Å². The molecule has 0 spiro atoms. The largest absolute Gasteiger partial charge is 0.497 e. The quantitative estimate of drug-likeness (QED) is 0.351. The van der Waals surface area contributed by atoms with E-state index >= 15 is 0 Å². The average molecular weight is 415 g/mol. The van der Waals surface area contributed by atoms with Crippen molar-refractivity contribution in [2.45, 2.75) is 25.9 Å². The van der Waals surface area contributed by atoms with Crippen LogP contribution in [-0.4, -0.2) is 73.5 Å². The second kappa shape index (κ2) is 12.2. The first-order valence-corrected chi connectivity index (χ1v) is 10.7. The van der Waals surface area contributed by atoms with Crippen molar-refractivity contribution in [1.29, 1.82) is 0 Å². The zero-order valence-corrected chi connectivity index (χ0v) is 18.1. The SMILES string of the molecule is CCNC(=NCC(c1ccc(OC)cc1)N1CCOCC1)NCCCn1ccnc1. The van der Waals surface area contributed by atoms with E-state index in [4.69, 9.17) is 14.5 Å². The molecule has 1 aliphatic heterocycles. The highest BCUT2D eigenvalue weighted by molar-refractivity contribution is 5.79. The molecule has 2 aromatic rings. The van der Waals surface area contributed by atoms with Crippen molar-refractivity contribution in [3.63, 3.8) is 0 Å². The molecule has 1 atom stereocenters. The number of nitrogens with one attached hydrogen (secondary N) is 2. The zero-order chi connectivity index (χ0) is 21.0. The van der Waals surface area contributed by atoms with Gasteiger partial charge < -0.3 is 24.7 Å². The standard InChI is InChI=1S/C22H34N6O2/c1-3-24-22(25-9-4-11-27-12-10-23-18-27)26-17-21(28-13-15-30-16-14-28)19-5-7-20(29-2)8-6-19/h5-8,10,12,18,21H,3-4,9,11,13-17H2,1-2H3,(H2,24,25,26). The first kappa shape index (κ1) is 22.1. The number of rotatable bonds is 10. The summed E-state index contributed by atoms with van der Waals surface area (Å²) in [4.78, 5) is 11.4. The van der Waals surface area contributed by atoms with Gasteiger partial charge in [-0.2, -0.15) is 0 Å². The fourth-order valence-electron chi connectivity index (χ4n) is 3.55. The Morgan fingerprint density at radius 1 is 1.23 bits per heavy atom. The average Bonchev–Trinajstić information content (AvgIpc) is 3.31. The number of hydrogen-bond acceptors (Lipinski definition) is 5. The van der Waals surface area contributed by atoms with E-state index in [0.717, 1.165) is 64.1 Å². The minimum absolute atomic E-state index is 0.209. The molecule has 30 heavy (non-hydrogen) atoms. The summed E-state index contributed by atoms with van der Waals surface area (Å²) in [6.07, 6.45) is 6.65. The zero-order valence-electron chi connectivity index (χ0n) is 18.1. The van der Waals surface area contributed by atoms with Gasteiger partial charge in [0.05, 0.1) is 39.2 Å². The molecule has 3 rings (SSSR count). The van der Waals surface area contributed by atoms with Crippen LogP contribution in [0.4, 0.5) is 0 Å². The van der Waals surface area contributed by atoms with Crippen LogP contribution in [0.5, 0.6) is 5.75 Å². The summed E-state index contributed by atoms with van der Waals surface area (Å²) in [5.41, 5.74) is 1.25. The lowest BCUT2D eigenvalue weighted by Crippen LogP contribution is -2.42. The van der Waals surface area contributed by atoms with Crippen LogP contribution in [0.2, 0.25) is 0 Å². The number of guanidine groups is 1. The lowest BCUT2D eigenvalue weighted by Gasteiger charge is -2.34. The summed E-state index contributed by atoms with van der Waals surface area (Å²) in [6, 6.07) is 8.53. The monoisotopic (exact) mass is 414 g/mol. The summed E-state index contributed by atoms with van der Waals surface area (Å²) in [6.45, 7) is 8.77. The Morgan fingerprint density at radius 2 is 2.03 bits per heavy atom. The Hall–Kier alpha value is -2.58. The van der Waals surface area contributed by atoms with Crippen LogP contribution in [0.3, 0.4) is 0 Å². The van der Waals surface area contributed by atoms with Gasteiger partial charge in [-0.05, 0) is 31.0 Å². The van der Waals surface area contributed by atoms with E-state index in [0.29, 0.717) is 6.54 Å². The maximum Gasteiger partial charge on any atom is 0.191 e. The molecule has 0 amide bonds. The lowest BCUT2D eigenvalue weighted by atomic mass is 10.0. The molecule has 1 unspecified atom stereocenters. The van der Waals surface area contributed by atoms with Crippen molar-refractivity contribution in [3.05, 3.63) is 48.5 Å². The lowest BCUT2D eigenvalue weighted by molar-refractivity contribution is 0.0179. The molecule has 164 valence electrons. The van der Waals surface area contributed by atoms with Gasteiger partial charge in [0, 0.05) is 45.1 Å². The molecule has 1 aromatic heterocycles. The van der Waals surface area contributed by atoms with Crippen molar-refractivity contribution < 1.29 is 9.47 Å². The van der Waals surface area contributed by atoms with Gasteiger partial charge in [0.15, 0.2) is 5.96 Å². The van der Waals surface area contributed by atoms with Gasteiger partial charge in [-0.3, -0.25) is 9.89 Å². The van der Waals surface area contributed by atoms with E-state index in [9.17, 15) is 0 Å². The summed E-state index contributed by atoms with van der Waals surface area (Å²) >= 11 is 0. The smallest absolute Gasteiger partial charge is 0.191 e. The first-order valence-electron chi connectivity index (χ1n) is 10.7. The van der Waals surface area contributed by atoms with Crippen molar-refractivity contribution in [2.75, 3.05) is 53.0 Å². The minimum atomic E-state index is 0.209. The van der Waals surface area contributed by atoms with Crippen molar-refractivity contribution >= 4 is 5.96 Å². The molecule has 8 nitrogen and oxygen atoms in total. The molecule has 0 saturated carbocycles. The third-order valence-corrected chi connectivity index (χ3v) is 5.20. The molecule has 1 aliphatic rings. The molecular weight excluding hydrogens is 380 g/mol. The number of methoxy groups -OCH3 is 1. The van der Waals surface area contributed by atoms with E-state index in [1.165, 1.54) is 5.56 Å². The number of benzene rings is 1. The van der Waals surface area contributed by atoms with Gasteiger partial charge in [0.1, 0.15) is 5.75 Å². The van der Waals surface area contributed by atoms with Gasteiger partial charge in [-0.25, -0.2) is 4.98 Å². The molecule has 0 aliphatic carbocycles. The normalized spacial score (nSPS) is 16.3. The highest BCUT2D eigenvalue weighted by atomic mass is 16.5. The van der Waals surface area contributed by atoms with Crippen LogP contribution in [0.25, 0.3) is 0 Å². The molecular formula is C22H34N6O2. The third kappa shape index (κ3) is 6.74. The number of nitrogens with zero attached hydrogens (tertiary/aromatic N) is 4. The van der Waals surface area contributed by atoms with Crippen molar-refractivity contribution in [3.8, 4) is 5.75 Å². The van der Waals surface area contributed by atoms with Gasteiger partial charge in [-0.1, -0.05) is 12.1 Å². The molecule has 0 radical (unpaired) electrons. The topological polar surface area (TPSA) is 75.9 Å². The van der Waals surface area contributed by atoms with E-state index in [-0.39, 0.29) is 6.04 Å². The number of hydrogen-bond donors (Lipinski definition) is 2. The Balaban J connectivity index is 1.62. The number of morpholine rings is 1. The van der Waals surface area contributed by atoms with Crippen LogP contribution in [0.15, 0.2) is 48.0 Å². The third-order valence-electron chi connectivity index (χ3n) is 5.20. The predicted octanol–water partition coefficient (Wildman–Crippen LogP) is 1.91. The van der Waals surface area contributed by atoms with Gasteiger partial charge in [-0.15, -0.1) is 0 Å². The second-order valence-corrected chi connectivity index (χ2v) is 7.24. The van der Waals surface area contributed by atoms with Gasteiger partial charge in [0.25, 0.3) is 0 Å². The highest BCUT2D eigenvalue weighted by Crippen LogP contribution is 2.24. The highest BCUT2D eigenvalue weighted by Gasteiger charge is 2.22. The fourth-order valence-corrected chi connectivity index (χ4v) is 3.55. The summed E-state index contributed by atoms with van der Waals surface area (Å²) < 4.78 is 13.0. The number of ether oxygens (including phenoxy) is 2. The Labute approximate surface area is 179 Å². The second-order valence-electron chi connectivity index (χ2n) is 7.24. The number of imidazole rings is 1. The number of aliphatic imine (C=N–C) groups is 1. The van der Waals surface area contributed by atoms with Gasteiger partial charge >= 0.3 is 0 Å². The maximum absolute atomic E-state index is 5.55.